The number of carbonyl (C=O) groups excluding carboxylic acids is 1. The third kappa shape index (κ3) is 3.58. The molecule has 1 aromatic carbocycles. The van der Waals surface area contributed by atoms with Gasteiger partial charge in [-0.1, -0.05) is 6.07 Å². The maximum atomic E-state index is 12.9. The van der Waals surface area contributed by atoms with Crippen molar-refractivity contribution < 1.29 is 9.53 Å². The first-order valence-corrected chi connectivity index (χ1v) is 9.89. The van der Waals surface area contributed by atoms with Crippen LogP contribution in [0.15, 0.2) is 29.6 Å². The van der Waals surface area contributed by atoms with Crippen LogP contribution in [-0.2, 0) is 13.1 Å². The van der Waals surface area contributed by atoms with Gasteiger partial charge in [0, 0.05) is 18.7 Å². The zero-order valence-corrected chi connectivity index (χ0v) is 15.5. The van der Waals surface area contributed by atoms with Gasteiger partial charge in [0.2, 0.25) is 0 Å². The van der Waals surface area contributed by atoms with E-state index in [2.05, 4.69) is 23.1 Å². The molecule has 1 saturated heterocycles. The van der Waals surface area contributed by atoms with Gasteiger partial charge in [0.15, 0.2) is 0 Å². The zero-order valence-electron chi connectivity index (χ0n) is 14.7. The van der Waals surface area contributed by atoms with Gasteiger partial charge < -0.3 is 9.64 Å². The fraction of sp³-hybridized carbons (Fsp3) is 0.450. The van der Waals surface area contributed by atoms with Crippen molar-refractivity contribution in [2.75, 3.05) is 26.2 Å². The summed E-state index contributed by atoms with van der Waals surface area (Å²) < 4.78 is 5.90. The largest absolute Gasteiger partial charge is 0.491 e. The third-order valence-electron chi connectivity index (χ3n) is 5.05. The molecule has 0 atom stereocenters. The van der Waals surface area contributed by atoms with Crippen LogP contribution in [0, 0.1) is 6.92 Å². The summed E-state index contributed by atoms with van der Waals surface area (Å²) in [6.45, 7) is 7.18. The number of nitrogens with zero attached hydrogens (tertiary/aromatic N) is 2. The molecule has 0 bridgehead atoms. The lowest BCUT2D eigenvalue weighted by atomic mass is 10.1. The number of thiophene rings is 1. The van der Waals surface area contributed by atoms with Crippen LogP contribution in [0.25, 0.3) is 0 Å². The first-order chi connectivity index (χ1) is 12.2. The molecule has 2 aromatic rings. The highest BCUT2D eigenvalue weighted by Gasteiger charge is 2.23. The topological polar surface area (TPSA) is 32.8 Å². The van der Waals surface area contributed by atoms with Gasteiger partial charge in [-0.15, -0.1) is 11.3 Å². The van der Waals surface area contributed by atoms with Crippen molar-refractivity contribution in [3.05, 3.63) is 51.2 Å². The maximum absolute atomic E-state index is 12.9. The second-order valence-corrected chi connectivity index (χ2v) is 7.85. The summed E-state index contributed by atoms with van der Waals surface area (Å²) in [7, 11) is 0. The van der Waals surface area contributed by atoms with E-state index < -0.39 is 0 Å². The fourth-order valence-electron chi connectivity index (χ4n) is 3.65. The quantitative estimate of drug-likeness (QED) is 0.841. The predicted molar refractivity (Wildman–Crippen MR) is 100 cm³/mol. The number of hydrogen-bond acceptors (Lipinski definition) is 4. The number of aryl methyl sites for hydroxylation is 1. The van der Waals surface area contributed by atoms with Gasteiger partial charge in [-0.3, -0.25) is 9.69 Å². The Morgan fingerprint density at radius 3 is 2.80 bits per heavy atom. The molecule has 1 fully saturated rings. The Bertz CT molecular complexity index is 765. The summed E-state index contributed by atoms with van der Waals surface area (Å²) >= 11 is 1.53. The Morgan fingerprint density at radius 1 is 1.20 bits per heavy atom. The molecule has 1 amide bonds. The minimum Gasteiger partial charge on any atom is -0.491 e. The van der Waals surface area contributed by atoms with Crippen molar-refractivity contribution in [3.8, 4) is 5.75 Å². The Kier molecular flexibility index (Phi) is 4.77. The van der Waals surface area contributed by atoms with Gasteiger partial charge in [-0.05, 0) is 67.6 Å². The number of fused-ring (bicyclic) bond motifs is 1. The Labute approximate surface area is 153 Å². The lowest BCUT2D eigenvalue weighted by Gasteiger charge is -2.20. The summed E-state index contributed by atoms with van der Waals surface area (Å²) in [5.41, 5.74) is 3.49. The summed E-state index contributed by atoms with van der Waals surface area (Å²) in [4.78, 5) is 18.1. The van der Waals surface area contributed by atoms with E-state index in [0.29, 0.717) is 19.7 Å². The van der Waals surface area contributed by atoms with Crippen LogP contribution in [0.5, 0.6) is 5.75 Å². The van der Waals surface area contributed by atoms with E-state index in [4.69, 9.17) is 4.74 Å². The Balaban J connectivity index is 1.54. The van der Waals surface area contributed by atoms with E-state index in [1.807, 2.05) is 23.3 Å². The zero-order chi connectivity index (χ0) is 17.2. The smallest absolute Gasteiger partial charge is 0.264 e. The highest BCUT2D eigenvalue weighted by atomic mass is 32.1. The van der Waals surface area contributed by atoms with Gasteiger partial charge in [0.1, 0.15) is 12.4 Å². The summed E-state index contributed by atoms with van der Waals surface area (Å²) in [6.07, 6.45) is 2.60. The number of benzene rings is 1. The molecular formula is C20H24N2O2S. The van der Waals surface area contributed by atoms with Crippen LogP contribution in [0.1, 0.15) is 39.2 Å². The van der Waals surface area contributed by atoms with E-state index in [1.165, 1.54) is 42.8 Å². The molecular weight excluding hydrogens is 332 g/mol. The Morgan fingerprint density at radius 2 is 2.04 bits per heavy atom. The second kappa shape index (κ2) is 7.18. The minimum atomic E-state index is 0.119. The van der Waals surface area contributed by atoms with E-state index >= 15 is 0 Å². The molecule has 4 rings (SSSR count). The lowest BCUT2D eigenvalue weighted by Crippen LogP contribution is -2.32. The van der Waals surface area contributed by atoms with Crippen LogP contribution in [0.2, 0.25) is 0 Å². The van der Waals surface area contributed by atoms with Crippen LogP contribution in [0.3, 0.4) is 0 Å². The first kappa shape index (κ1) is 16.6. The van der Waals surface area contributed by atoms with Crippen molar-refractivity contribution in [2.45, 2.75) is 32.9 Å². The van der Waals surface area contributed by atoms with Gasteiger partial charge in [0.05, 0.1) is 11.4 Å². The molecule has 1 aromatic heterocycles. The molecule has 3 heterocycles. The molecule has 0 spiro atoms. The molecule has 0 saturated carbocycles. The molecule has 4 nitrogen and oxygen atoms in total. The summed E-state index contributed by atoms with van der Waals surface area (Å²) in [5, 5.41) is 1.99. The maximum Gasteiger partial charge on any atom is 0.264 e. The molecule has 0 N–H and O–H groups in total. The molecule has 132 valence electrons. The summed E-state index contributed by atoms with van der Waals surface area (Å²) in [6, 6.07) is 8.47. The predicted octanol–water partition coefficient (Wildman–Crippen LogP) is 3.69. The highest BCUT2D eigenvalue weighted by Crippen LogP contribution is 2.27. The van der Waals surface area contributed by atoms with E-state index in [1.54, 1.807) is 0 Å². The SMILES string of the molecule is Cc1ccsc1C(=O)N1CCOc2ccc(CN3CCCC3)cc2C1. The van der Waals surface area contributed by atoms with Crippen LogP contribution in [0.4, 0.5) is 0 Å². The van der Waals surface area contributed by atoms with Crippen LogP contribution < -0.4 is 4.74 Å². The number of rotatable bonds is 3. The molecule has 0 aliphatic carbocycles. The van der Waals surface area contributed by atoms with E-state index in [9.17, 15) is 4.79 Å². The molecule has 25 heavy (non-hydrogen) atoms. The standard InChI is InChI=1S/C20H24N2O2S/c1-15-6-11-25-19(15)20(23)22-9-10-24-18-5-4-16(12-17(18)14-22)13-21-7-2-3-8-21/h4-6,11-12H,2-3,7-10,13-14H2,1H3. The molecule has 2 aliphatic rings. The van der Waals surface area contributed by atoms with Crippen molar-refractivity contribution in [1.29, 1.82) is 0 Å². The lowest BCUT2D eigenvalue weighted by molar-refractivity contribution is 0.0737. The number of carbonyl (C=O) groups is 1. The van der Waals surface area contributed by atoms with Crippen LogP contribution in [-0.4, -0.2) is 41.9 Å². The van der Waals surface area contributed by atoms with Crippen molar-refractivity contribution in [1.82, 2.24) is 9.80 Å². The fourth-order valence-corrected chi connectivity index (χ4v) is 4.55. The average molecular weight is 356 g/mol. The van der Waals surface area contributed by atoms with Crippen molar-refractivity contribution >= 4 is 17.2 Å². The molecule has 0 radical (unpaired) electrons. The second-order valence-electron chi connectivity index (χ2n) is 6.93. The normalized spacial score (nSPS) is 17.9. The van der Waals surface area contributed by atoms with E-state index in [-0.39, 0.29) is 5.91 Å². The number of hydrogen-bond donors (Lipinski definition) is 0. The average Bonchev–Trinajstić information content (AvgIpc) is 3.21. The number of ether oxygens (including phenoxy) is 1. The first-order valence-electron chi connectivity index (χ1n) is 9.01. The van der Waals surface area contributed by atoms with Crippen molar-refractivity contribution in [3.63, 3.8) is 0 Å². The Hall–Kier alpha value is -1.85. The molecule has 0 unspecified atom stereocenters. The minimum absolute atomic E-state index is 0.119. The third-order valence-corrected chi connectivity index (χ3v) is 6.06. The van der Waals surface area contributed by atoms with E-state index in [0.717, 1.165) is 28.3 Å². The van der Waals surface area contributed by atoms with Gasteiger partial charge in [-0.25, -0.2) is 0 Å². The number of likely N-dealkylation sites (tertiary alicyclic amines) is 1. The summed E-state index contributed by atoms with van der Waals surface area (Å²) in [5.74, 6) is 1.04. The molecule has 5 heteroatoms. The van der Waals surface area contributed by atoms with Gasteiger partial charge in [0.25, 0.3) is 5.91 Å². The van der Waals surface area contributed by atoms with Crippen LogP contribution >= 0.6 is 11.3 Å². The van der Waals surface area contributed by atoms with Gasteiger partial charge in [-0.2, -0.15) is 0 Å². The van der Waals surface area contributed by atoms with Crippen molar-refractivity contribution in [2.24, 2.45) is 0 Å². The number of amides is 1. The monoisotopic (exact) mass is 356 g/mol. The molecule has 2 aliphatic heterocycles. The van der Waals surface area contributed by atoms with Gasteiger partial charge >= 0.3 is 0 Å². The highest BCUT2D eigenvalue weighted by molar-refractivity contribution is 7.12.